The van der Waals surface area contributed by atoms with Crippen molar-refractivity contribution in [2.24, 2.45) is 0 Å². The first-order valence-corrected chi connectivity index (χ1v) is 19.5. The Kier molecular flexibility index (Phi) is 7.64. The van der Waals surface area contributed by atoms with Gasteiger partial charge in [0, 0.05) is 71.2 Å². The molecule has 4 heterocycles. The smallest absolute Gasteiger partial charge is 0.160 e. The van der Waals surface area contributed by atoms with E-state index in [1.807, 2.05) is 60.1 Å². The summed E-state index contributed by atoms with van der Waals surface area (Å²) in [6.45, 7) is 0. The molecule has 0 spiro atoms. The minimum Gasteiger partial charge on any atom is -0.455 e. The van der Waals surface area contributed by atoms with Crippen molar-refractivity contribution in [1.82, 2.24) is 15.0 Å². The van der Waals surface area contributed by atoms with Gasteiger partial charge in [-0.2, -0.15) is 0 Å². The SMILES string of the molecule is c1ccc(-c2nc(-c3ccc(-c4ccc(-c5cccc6c5sc5ccccc56)c5c4oc4ccccc45)cc3)cc(-c3cccc(-c4ccncc4)c3)n2)cc1. The van der Waals surface area contributed by atoms with Gasteiger partial charge in [0.25, 0.3) is 0 Å². The summed E-state index contributed by atoms with van der Waals surface area (Å²) in [6.07, 6.45) is 3.64. The maximum atomic E-state index is 6.74. The second kappa shape index (κ2) is 13.3. The summed E-state index contributed by atoms with van der Waals surface area (Å²) in [5.41, 5.74) is 13.2. The highest BCUT2D eigenvalue weighted by Crippen LogP contribution is 2.46. The summed E-state index contributed by atoms with van der Waals surface area (Å²) >= 11 is 1.85. The number of rotatable bonds is 6. The molecule has 0 aliphatic heterocycles. The molecule has 262 valence electrons. The lowest BCUT2D eigenvalue weighted by Crippen LogP contribution is -1.96. The van der Waals surface area contributed by atoms with E-state index in [2.05, 4.69) is 145 Å². The van der Waals surface area contributed by atoms with Crippen molar-refractivity contribution in [2.75, 3.05) is 0 Å². The Labute approximate surface area is 327 Å². The van der Waals surface area contributed by atoms with Gasteiger partial charge in [0.1, 0.15) is 11.2 Å². The lowest BCUT2D eigenvalue weighted by Gasteiger charge is -2.12. The lowest BCUT2D eigenvalue weighted by atomic mass is 9.93. The van der Waals surface area contributed by atoms with Gasteiger partial charge < -0.3 is 4.42 Å². The van der Waals surface area contributed by atoms with E-state index < -0.39 is 0 Å². The van der Waals surface area contributed by atoms with Gasteiger partial charge in [0.05, 0.1) is 11.4 Å². The maximum Gasteiger partial charge on any atom is 0.160 e. The predicted molar refractivity (Wildman–Crippen MR) is 233 cm³/mol. The third-order valence-corrected chi connectivity index (χ3v) is 11.9. The van der Waals surface area contributed by atoms with E-state index in [1.165, 1.54) is 31.3 Å². The average Bonchev–Trinajstić information content (AvgIpc) is 3.86. The van der Waals surface area contributed by atoms with Crippen molar-refractivity contribution < 1.29 is 4.42 Å². The number of furan rings is 1. The Bertz CT molecular complexity index is 3240. The monoisotopic (exact) mass is 733 g/mol. The van der Waals surface area contributed by atoms with Gasteiger partial charge in [-0.1, -0.05) is 133 Å². The first-order valence-electron chi connectivity index (χ1n) is 18.7. The summed E-state index contributed by atoms with van der Waals surface area (Å²) in [4.78, 5) is 14.4. The zero-order chi connectivity index (χ0) is 37.0. The number of pyridine rings is 1. The molecule has 0 aliphatic rings. The molecular weight excluding hydrogens is 703 g/mol. The van der Waals surface area contributed by atoms with Gasteiger partial charge in [-0.05, 0) is 64.7 Å². The molecule has 0 unspecified atom stereocenters. The van der Waals surface area contributed by atoms with Crippen LogP contribution in [0.1, 0.15) is 0 Å². The van der Waals surface area contributed by atoms with Crippen LogP contribution in [-0.2, 0) is 0 Å². The second-order valence-electron chi connectivity index (χ2n) is 14.0. The van der Waals surface area contributed by atoms with Gasteiger partial charge in [0.15, 0.2) is 5.82 Å². The third kappa shape index (κ3) is 5.48. The van der Waals surface area contributed by atoms with Crippen molar-refractivity contribution in [2.45, 2.75) is 0 Å². The topological polar surface area (TPSA) is 51.8 Å². The zero-order valence-corrected chi connectivity index (χ0v) is 30.9. The molecule has 0 aliphatic carbocycles. The molecule has 4 nitrogen and oxygen atoms in total. The number of aromatic nitrogens is 3. The average molecular weight is 734 g/mol. The highest BCUT2D eigenvalue weighted by Gasteiger charge is 2.20. The van der Waals surface area contributed by atoms with E-state index >= 15 is 0 Å². The Morgan fingerprint density at radius 2 is 1.07 bits per heavy atom. The summed E-state index contributed by atoms with van der Waals surface area (Å²) in [6, 6.07) is 61.7. The lowest BCUT2D eigenvalue weighted by molar-refractivity contribution is 0.670. The van der Waals surface area contributed by atoms with Crippen LogP contribution >= 0.6 is 11.3 Å². The minimum absolute atomic E-state index is 0.685. The molecule has 7 aromatic carbocycles. The zero-order valence-electron chi connectivity index (χ0n) is 30.1. The van der Waals surface area contributed by atoms with E-state index in [4.69, 9.17) is 14.4 Å². The first-order chi connectivity index (χ1) is 27.7. The molecule has 0 N–H and O–H groups in total. The number of hydrogen-bond acceptors (Lipinski definition) is 5. The van der Waals surface area contributed by atoms with Gasteiger partial charge in [-0.3, -0.25) is 4.98 Å². The molecule has 0 saturated carbocycles. The largest absolute Gasteiger partial charge is 0.455 e. The van der Waals surface area contributed by atoms with E-state index in [0.29, 0.717) is 5.82 Å². The van der Waals surface area contributed by atoms with Gasteiger partial charge in [0.2, 0.25) is 0 Å². The van der Waals surface area contributed by atoms with Gasteiger partial charge >= 0.3 is 0 Å². The van der Waals surface area contributed by atoms with Crippen LogP contribution in [0, 0.1) is 0 Å². The highest BCUT2D eigenvalue weighted by molar-refractivity contribution is 7.26. The fourth-order valence-corrected chi connectivity index (χ4v) is 9.15. The molecule has 5 heteroatoms. The molecule has 4 aromatic heterocycles. The van der Waals surface area contributed by atoms with Crippen LogP contribution in [-0.4, -0.2) is 15.0 Å². The predicted octanol–water partition coefficient (Wildman–Crippen LogP) is 14.1. The molecule has 0 saturated heterocycles. The van der Waals surface area contributed by atoms with E-state index in [0.717, 1.165) is 72.3 Å². The van der Waals surface area contributed by atoms with Crippen LogP contribution in [0.4, 0.5) is 0 Å². The fraction of sp³-hybridized carbons (Fsp3) is 0. The van der Waals surface area contributed by atoms with Crippen molar-refractivity contribution in [1.29, 1.82) is 0 Å². The highest BCUT2D eigenvalue weighted by atomic mass is 32.1. The third-order valence-electron chi connectivity index (χ3n) is 10.6. The molecule has 11 rings (SSSR count). The van der Waals surface area contributed by atoms with E-state index in [9.17, 15) is 0 Å². The van der Waals surface area contributed by atoms with Crippen LogP contribution in [0.5, 0.6) is 0 Å². The standard InChI is InChI=1S/C51H31N3OS/c1-2-10-35(11-3-1)51-53-44(31-45(54-51)37-13-8-12-36(30-37)32-26-28-52-29-27-32)34-22-20-33(21-23-34)38-24-25-40(48-43-15-4-6-18-46(43)55-49(38)48)42-17-9-16-41-39-14-5-7-19-47(39)56-50(41)42/h1-31H. The number of nitrogens with zero attached hydrogens (tertiary/aromatic N) is 3. The van der Waals surface area contributed by atoms with Crippen LogP contribution in [0.25, 0.3) is 109 Å². The molecule has 0 bridgehead atoms. The summed E-state index contributed by atoms with van der Waals surface area (Å²) in [5.74, 6) is 0.685. The number of para-hydroxylation sites is 1. The van der Waals surface area contributed by atoms with E-state index in [-0.39, 0.29) is 0 Å². The van der Waals surface area contributed by atoms with Crippen molar-refractivity contribution in [3.63, 3.8) is 0 Å². The van der Waals surface area contributed by atoms with Crippen LogP contribution in [0.15, 0.2) is 193 Å². The Morgan fingerprint density at radius 3 is 1.93 bits per heavy atom. The van der Waals surface area contributed by atoms with Crippen molar-refractivity contribution in [3.8, 4) is 67.3 Å². The van der Waals surface area contributed by atoms with Crippen LogP contribution in [0.2, 0.25) is 0 Å². The number of hydrogen-bond donors (Lipinski definition) is 0. The molecule has 0 radical (unpaired) electrons. The van der Waals surface area contributed by atoms with Crippen molar-refractivity contribution in [3.05, 3.63) is 188 Å². The first kappa shape index (κ1) is 32.2. The second-order valence-corrected chi connectivity index (χ2v) is 15.0. The Morgan fingerprint density at radius 1 is 0.411 bits per heavy atom. The maximum absolute atomic E-state index is 6.74. The van der Waals surface area contributed by atoms with Crippen molar-refractivity contribution >= 4 is 53.4 Å². The fourth-order valence-electron chi connectivity index (χ4n) is 7.92. The Hall–Kier alpha value is -7.21. The minimum atomic E-state index is 0.685. The molecule has 0 atom stereocenters. The molecule has 56 heavy (non-hydrogen) atoms. The van der Waals surface area contributed by atoms with Gasteiger partial charge in [-0.15, -0.1) is 11.3 Å². The molecule has 11 aromatic rings. The molecule has 0 amide bonds. The molecule has 0 fully saturated rings. The molecular formula is C51H31N3OS. The summed E-state index contributed by atoms with van der Waals surface area (Å²) in [5, 5.41) is 4.83. The van der Waals surface area contributed by atoms with Crippen LogP contribution in [0.3, 0.4) is 0 Å². The normalized spacial score (nSPS) is 11.6. The number of fused-ring (bicyclic) bond motifs is 6. The number of thiophene rings is 1. The number of benzene rings is 7. The van der Waals surface area contributed by atoms with Gasteiger partial charge in [-0.25, -0.2) is 9.97 Å². The quantitative estimate of drug-likeness (QED) is 0.171. The summed E-state index contributed by atoms with van der Waals surface area (Å²) < 4.78 is 9.32. The van der Waals surface area contributed by atoms with E-state index in [1.54, 1.807) is 0 Å². The summed E-state index contributed by atoms with van der Waals surface area (Å²) in [7, 11) is 0. The Balaban J connectivity index is 1.03. The van der Waals surface area contributed by atoms with Crippen LogP contribution < -0.4 is 0 Å².